The van der Waals surface area contributed by atoms with Crippen LogP contribution in [0.5, 0.6) is 0 Å². The second-order valence-corrected chi connectivity index (χ2v) is 5.72. The van der Waals surface area contributed by atoms with Crippen LogP contribution in [0.3, 0.4) is 0 Å². The van der Waals surface area contributed by atoms with E-state index in [1.807, 2.05) is 31.2 Å². The van der Waals surface area contributed by atoms with E-state index in [1.165, 1.54) is 6.08 Å². The van der Waals surface area contributed by atoms with Crippen LogP contribution >= 0.6 is 11.3 Å². The van der Waals surface area contributed by atoms with Gasteiger partial charge in [0.2, 0.25) is 5.91 Å². The number of anilines is 1. The lowest BCUT2D eigenvalue weighted by atomic mass is 10.1. The van der Waals surface area contributed by atoms with Crippen molar-refractivity contribution in [3.05, 3.63) is 58.0 Å². The molecule has 0 spiro atoms. The fourth-order valence-corrected chi connectivity index (χ4v) is 2.78. The molecule has 21 heavy (non-hydrogen) atoms. The molecule has 0 aliphatic rings. The molecule has 1 heterocycles. The maximum Gasteiger partial charge on any atom is 0.346 e. The molecule has 108 valence electrons. The maximum atomic E-state index is 11.8. The second-order valence-electron chi connectivity index (χ2n) is 4.66. The van der Waals surface area contributed by atoms with Gasteiger partial charge in [-0.1, -0.05) is 29.8 Å². The number of hydrogen-bond donors (Lipinski definition) is 2. The largest absolute Gasteiger partial charge is 0.477 e. The van der Waals surface area contributed by atoms with Gasteiger partial charge in [-0.3, -0.25) is 4.79 Å². The van der Waals surface area contributed by atoms with Crippen molar-refractivity contribution in [3.8, 4) is 0 Å². The number of carbonyl (C=O) groups excluding carboxylic acids is 1. The fraction of sp³-hybridized carbons (Fsp3) is 0.125. The molecule has 0 fully saturated rings. The van der Waals surface area contributed by atoms with E-state index in [9.17, 15) is 9.59 Å². The van der Waals surface area contributed by atoms with Crippen LogP contribution in [-0.4, -0.2) is 17.0 Å². The van der Waals surface area contributed by atoms with Crippen LogP contribution in [0.1, 0.15) is 26.4 Å². The number of aryl methyl sites for hydroxylation is 2. The minimum atomic E-state index is -0.978. The van der Waals surface area contributed by atoms with Crippen LogP contribution in [0.2, 0.25) is 0 Å². The lowest BCUT2D eigenvalue weighted by molar-refractivity contribution is -0.111. The normalized spacial score (nSPS) is 10.8. The quantitative estimate of drug-likeness (QED) is 0.846. The monoisotopic (exact) mass is 301 g/mol. The predicted molar refractivity (Wildman–Crippen MR) is 84.9 cm³/mol. The number of aromatic carboxylic acids is 1. The number of hydrogen-bond acceptors (Lipinski definition) is 3. The molecule has 0 bridgehead atoms. The molecule has 0 aliphatic carbocycles. The van der Waals surface area contributed by atoms with Crippen molar-refractivity contribution in [2.75, 3.05) is 5.32 Å². The Bertz CT molecular complexity index is 716. The van der Waals surface area contributed by atoms with Crippen LogP contribution in [-0.2, 0) is 4.79 Å². The summed E-state index contributed by atoms with van der Waals surface area (Å²) in [6.07, 6.45) is 3.16. The number of amides is 1. The van der Waals surface area contributed by atoms with Gasteiger partial charge in [0.05, 0.1) is 5.00 Å². The van der Waals surface area contributed by atoms with Crippen molar-refractivity contribution >= 4 is 34.3 Å². The molecule has 1 aromatic heterocycles. The maximum absolute atomic E-state index is 11.8. The number of carboxylic acids is 1. The Morgan fingerprint density at radius 3 is 2.62 bits per heavy atom. The first-order chi connectivity index (χ1) is 9.95. The van der Waals surface area contributed by atoms with Crippen molar-refractivity contribution in [3.63, 3.8) is 0 Å². The number of nitrogens with one attached hydrogen (secondary N) is 1. The zero-order valence-electron chi connectivity index (χ0n) is 11.7. The average molecular weight is 301 g/mol. The number of carbonyl (C=O) groups is 2. The molecule has 0 aliphatic heterocycles. The highest BCUT2D eigenvalue weighted by atomic mass is 32.1. The summed E-state index contributed by atoms with van der Waals surface area (Å²) in [5.74, 6) is -1.26. The molecule has 0 radical (unpaired) electrons. The highest BCUT2D eigenvalue weighted by molar-refractivity contribution is 7.18. The number of carboxylic acid groups (broad SMARTS) is 1. The minimum Gasteiger partial charge on any atom is -0.477 e. The summed E-state index contributed by atoms with van der Waals surface area (Å²) in [5, 5.41) is 12.2. The van der Waals surface area contributed by atoms with Gasteiger partial charge in [0.1, 0.15) is 4.88 Å². The smallest absolute Gasteiger partial charge is 0.346 e. The predicted octanol–water partition coefficient (Wildman–Crippen LogP) is 3.72. The van der Waals surface area contributed by atoms with Gasteiger partial charge in [0.15, 0.2) is 0 Å². The summed E-state index contributed by atoms with van der Waals surface area (Å²) in [4.78, 5) is 23.0. The third-order valence-electron chi connectivity index (χ3n) is 2.83. The van der Waals surface area contributed by atoms with Crippen LogP contribution in [0.25, 0.3) is 6.08 Å². The van der Waals surface area contributed by atoms with E-state index < -0.39 is 5.97 Å². The van der Waals surface area contributed by atoms with E-state index in [1.54, 1.807) is 19.1 Å². The summed E-state index contributed by atoms with van der Waals surface area (Å²) < 4.78 is 0. The molecular formula is C16H15NO3S. The van der Waals surface area contributed by atoms with Gasteiger partial charge >= 0.3 is 5.97 Å². The van der Waals surface area contributed by atoms with E-state index in [4.69, 9.17) is 5.11 Å². The van der Waals surface area contributed by atoms with E-state index >= 15 is 0 Å². The summed E-state index contributed by atoms with van der Waals surface area (Å²) in [7, 11) is 0. The van der Waals surface area contributed by atoms with Crippen molar-refractivity contribution in [2.45, 2.75) is 13.8 Å². The molecule has 0 saturated carbocycles. The van der Waals surface area contributed by atoms with Crippen molar-refractivity contribution in [2.24, 2.45) is 0 Å². The lowest BCUT2D eigenvalue weighted by Crippen LogP contribution is -2.06. The van der Waals surface area contributed by atoms with Crippen molar-refractivity contribution in [1.82, 2.24) is 0 Å². The standard InChI is InChI=1S/C16H15NO3S/c1-10-4-3-5-12(8-10)6-7-13(18)17-14-9-11(2)15(21-14)16(19)20/h3-9H,1-2H3,(H,17,18)(H,19,20)/b7-6+. The van der Waals surface area contributed by atoms with E-state index in [-0.39, 0.29) is 10.8 Å². The summed E-state index contributed by atoms with van der Waals surface area (Å²) in [6, 6.07) is 9.46. The molecule has 0 saturated heterocycles. The summed E-state index contributed by atoms with van der Waals surface area (Å²) >= 11 is 1.05. The van der Waals surface area contributed by atoms with Gasteiger partial charge in [-0.15, -0.1) is 11.3 Å². The molecule has 0 unspecified atom stereocenters. The van der Waals surface area contributed by atoms with Crippen LogP contribution in [0.4, 0.5) is 5.00 Å². The number of benzene rings is 1. The average Bonchev–Trinajstić information content (AvgIpc) is 2.77. The Morgan fingerprint density at radius 2 is 2.00 bits per heavy atom. The van der Waals surface area contributed by atoms with Crippen LogP contribution in [0.15, 0.2) is 36.4 Å². The van der Waals surface area contributed by atoms with Gasteiger partial charge in [-0.25, -0.2) is 4.79 Å². The fourth-order valence-electron chi connectivity index (χ4n) is 1.86. The first-order valence-electron chi connectivity index (χ1n) is 6.35. The Morgan fingerprint density at radius 1 is 1.24 bits per heavy atom. The van der Waals surface area contributed by atoms with Crippen molar-refractivity contribution < 1.29 is 14.7 Å². The zero-order valence-corrected chi connectivity index (χ0v) is 12.5. The SMILES string of the molecule is Cc1cccc(/C=C/C(=O)Nc2cc(C)c(C(=O)O)s2)c1. The molecule has 1 aromatic carbocycles. The first-order valence-corrected chi connectivity index (χ1v) is 7.17. The number of rotatable bonds is 4. The zero-order chi connectivity index (χ0) is 15.4. The van der Waals surface area contributed by atoms with Gasteiger partial charge in [0.25, 0.3) is 0 Å². The van der Waals surface area contributed by atoms with E-state index in [2.05, 4.69) is 5.32 Å². The van der Waals surface area contributed by atoms with E-state index in [0.717, 1.165) is 22.5 Å². The van der Waals surface area contributed by atoms with Gasteiger partial charge in [0, 0.05) is 6.08 Å². The summed E-state index contributed by atoms with van der Waals surface area (Å²) in [6.45, 7) is 3.69. The molecule has 5 heteroatoms. The van der Waals surface area contributed by atoms with E-state index in [0.29, 0.717) is 10.6 Å². The lowest BCUT2D eigenvalue weighted by Gasteiger charge is -1.98. The highest BCUT2D eigenvalue weighted by Crippen LogP contribution is 2.26. The molecule has 2 aromatic rings. The van der Waals surface area contributed by atoms with Crippen LogP contribution < -0.4 is 5.32 Å². The van der Waals surface area contributed by atoms with Gasteiger partial charge in [-0.05, 0) is 37.1 Å². The summed E-state index contributed by atoms with van der Waals surface area (Å²) in [5.41, 5.74) is 2.71. The third kappa shape index (κ3) is 4.03. The highest BCUT2D eigenvalue weighted by Gasteiger charge is 2.12. The second kappa shape index (κ2) is 6.37. The number of thiophene rings is 1. The molecule has 2 N–H and O–H groups in total. The first kappa shape index (κ1) is 15.0. The molecule has 0 atom stereocenters. The molecular weight excluding hydrogens is 286 g/mol. The Labute approximate surface area is 126 Å². The topological polar surface area (TPSA) is 66.4 Å². The molecule has 2 rings (SSSR count). The third-order valence-corrected chi connectivity index (χ3v) is 3.97. The molecule has 1 amide bonds. The molecule has 4 nitrogen and oxygen atoms in total. The van der Waals surface area contributed by atoms with Gasteiger partial charge in [-0.2, -0.15) is 0 Å². The van der Waals surface area contributed by atoms with Gasteiger partial charge < -0.3 is 10.4 Å². The van der Waals surface area contributed by atoms with Crippen molar-refractivity contribution in [1.29, 1.82) is 0 Å². The Kier molecular flexibility index (Phi) is 4.55. The minimum absolute atomic E-state index is 0.243. The Balaban J connectivity index is 2.05. The Hall–Kier alpha value is -2.40. The van der Waals surface area contributed by atoms with Crippen LogP contribution in [0, 0.1) is 13.8 Å².